The molecule has 0 spiro atoms. The molecule has 0 aliphatic carbocycles. The van der Waals surface area contributed by atoms with Crippen LogP contribution in [0.4, 0.5) is 5.69 Å². The Balaban J connectivity index is 2.95. The Morgan fingerprint density at radius 3 is 2.40 bits per heavy atom. The lowest BCUT2D eigenvalue weighted by Crippen LogP contribution is -2.12. The molecular weight excluding hydrogens is 182 g/mol. The number of hydrogen-bond donors (Lipinski definition) is 1. The maximum Gasteiger partial charge on any atom is 0.0346 e. The largest absolute Gasteiger partial charge is 0.399 e. The molecule has 0 amide bonds. The van der Waals surface area contributed by atoms with Crippen molar-refractivity contribution in [2.75, 3.05) is 5.73 Å². The zero-order valence-electron chi connectivity index (χ0n) is 10.4. The molecule has 0 aliphatic heterocycles. The average molecular weight is 205 g/mol. The third-order valence-electron chi connectivity index (χ3n) is 2.81. The maximum absolute atomic E-state index is 5.97. The standard InChI is InChI=1S/C14H23N/c1-5-6-7-11-10-12(14(2,3)4)8-9-13(11)15/h8-10H,5-7,15H2,1-4H3. The van der Waals surface area contributed by atoms with E-state index in [1.54, 1.807) is 0 Å². The van der Waals surface area contributed by atoms with E-state index in [1.165, 1.54) is 24.0 Å². The van der Waals surface area contributed by atoms with Crippen LogP contribution in [0.5, 0.6) is 0 Å². The first-order chi connectivity index (χ1) is 6.95. The lowest BCUT2D eigenvalue weighted by Gasteiger charge is -2.20. The van der Waals surface area contributed by atoms with Crippen molar-refractivity contribution in [3.05, 3.63) is 29.3 Å². The molecule has 0 saturated carbocycles. The van der Waals surface area contributed by atoms with Crippen LogP contribution in [-0.4, -0.2) is 0 Å². The molecule has 0 saturated heterocycles. The number of anilines is 1. The van der Waals surface area contributed by atoms with Gasteiger partial charge >= 0.3 is 0 Å². The molecule has 15 heavy (non-hydrogen) atoms. The first-order valence-electron chi connectivity index (χ1n) is 5.84. The van der Waals surface area contributed by atoms with Crippen LogP contribution in [0.25, 0.3) is 0 Å². The Bertz CT molecular complexity index is 321. The van der Waals surface area contributed by atoms with E-state index in [0.717, 1.165) is 12.1 Å². The van der Waals surface area contributed by atoms with E-state index in [4.69, 9.17) is 5.73 Å². The van der Waals surface area contributed by atoms with Gasteiger partial charge in [0.25, 0.3) is 0 Å². The van der Waals surface area contributed by atoms with E-state index in [1.807, 2.05) is 6.07 Å². The number of aryl methyl sites for hydroxylation is 1. The number of nitrogen functional groups attached to an aromatic ring is 1. The SMILES string of the molecule is CCCCc1cc(C(C)(C)C)ccc1N. The van der Waals surface area contributed by atoms with Crippen molar-refractivity contribution in [3.8, 4) is 0 Å². The highest BCUT2D eigenvalue weighted by Crippen LogP contribution is 2.26. The minimum absolute atomic E-state index is 0.217. The Morgan fingerprint density at radius 2 is 1.87 bits per heavy atom. The monoisotopic (exact) mass is 205 g/mol. The van der Waals surface area contributed by atoms with Crippen LogP contribution in [0, 0.1) is 0 Å². The van der Waals surface area contributed by atoms with Crippen LogP contribution < -0.4 is 5.73 Å². The molecule has 1 nitrogen and oxygen atoms in total. The number of nitrogens with two attached hydrogens (primary N) is 1. The van der Waals surface area contributed by atoms with Gasteiger partial charge in [-0.2, -0.15) is 0 Å². The minimum atomic E-state index is 0.217. The number of rotatable bonds is 3. The zero-order valence-corrected chi connectivity index (χ0v) is 10.4. The normalized spacial score (nSPS) is 11.7. The molecule has 84 valence electrons. The fourth-order valence-electron chi connectivity index (χ4n) is 1.66. The van der Waals surface area contributed by atoms with Crippen LogP contribution in [-0.2, 0) is 11.8 Å². The molecule has 0 atom stereocenters. The van der Waals surface area contributed by atoms with Crippen molar-refractivity contribution in [3.63, 3.8) is 0 Å². The summed E-state index contributed by atoms with van der Waals surface area (Å²) >= 11 is 0. The topological polar surface area (TPSA) is 26.0 Å². The summed E-state index contributed by atoms with van der Waals surface area (Å²) in [6.07, 6.45) is 3.54. The molecule has 0 aliphatic rings. The summed E-state index contributed by atoms with van der Waals surface area (Å²) < 4.78 is 0. The fourth-order valence-corrected chi connectivity index (χ4v) is 1.66. The van der Waals surface area contributed by atoms with E-state index in [2.05, 4.69) is 39.8 Å². The highest BCUT2D eigenvalue weighted by Gasteiger charge is 2.14. The number of hydrogen-bond acceptors (Lipinski definition) is 1. The summed E-state index contributed by atoms with van der Waals surface area (Å²) in [5.74, 6) is 0. The van der Waals surface area contributed by atoms with Gasteiger partial charge in [-0.25, -0.2) is 0 Å². The molecule has 0 unspecified atom stereocenters. The highest BCUT2D eigenvalue weighted by molar-refractivity contribution is 5.49. The van der Waals surface area contributed by atoms with Crippen molar-refractivity contribution in [1.29, 1.82) is 0 Å². The maximum atomic E-state index is 5.97. The third kappa shape index (κ3) is 3.26. The van der Waals surface area contributed by atoms with Gasteiger partial charge in [0.1, 0.15) is 0 Å². The van der Waals surface area contributed by atoms with Crippen LogP contribution >= 0.6 is 0 Å². The van der Waals surface area contributed by atoms with Gasteiger partial charge in [0.05, 0.1) is 0 Å². The molecule has 1 rings (SSSR count). The molecule has 1 heteroatoms. The Labute approximate surface area is 93.7 Å². The molecule has 0 heterocycles. The van der Waals surface area contributed by atoms with Gasteiger partial charge in [-0.15, -0.1) is 0 Å². The van der Waals surface area contributed by atoms with E-state index in [9.17, 15) is 0 Å². The molecular formula is C14H23N. The van der Waals surface area contributed by atoms with Gasteiger partial charge in [0.15, 0.2) is 0 Å². The second-order valence-electron chi connectivity index (χ2n) is 5.27. The molecule has 0 aromatic heterocycles. The quantitative estimate of drug-likeness (QED) is 0.744. The van der Waals surface area contributed by atoms with Crippen molar-refractivity contribution in [2.45, 2.75) is 52.4 Å². The summed E-state index contributed by atoms with van der Waals surface area (Å²) in [7, 11) is 0. The lowest BCUT2D eigenvalue weighted by atomic mass is 9.85. The smallest absolute Gasteiger partial charge is 0.0346 e. The molecule has 2 N–H and O–H groups in total. The second kappa shape index (κ2) is 4.69. The lowest BCUT2D eigenvalue weighted by molar-refractivity contribution is 0.589. The Kier molecular flexibility index (Phi) is 3.78. The van der Waals surface area contributed by atoms with Gasteiger partial charge in [0, 0.05) is 5.69 Å². The number of unbranched alkanes of at least 4 members (excludes halogenated alkanes) is 1. The van der Waals surface area contributed by atoms with Gasteiger partial charge in [0.2, 0.25) is 0 Å². The van der Waals surface area contributed by atoms with Crippen LogP contribution in [0.2, 0.25) is 0 Å². The summed E-state index contributed by atoms with van der Waals surface area (Å²) in [4.78, 5) is 0. The Hall–Kier alpha value is -0.980. The van der Waals surface area contributed by atoms with Crippen LogP contribution in [0.15, 0.2) is 18.2 Å². The number of benzene rings is 1. The Morgan fingerprint density at radius 1 is 1.20 bits per heavy atom. The predicted octanol–water partition coefficient (Wildman–Crippen LogP) is 3.91. The highest BCUT2D eigenvalue weighted by atomic mass is 14.6. The molecule has 0 radical (unpaired) electrons. The summed E-state index contributed by atoms with van der Waals surface area (Å²) in [5, 5.41) is 0. The van der Waals surface area contributed by atoms with Gasteiger partial charge < -0.3 is 5.73 Å². The van der Waals surface area contributed by atoms with Gasteiger partial charge in [-0.3, -0.25) is 0 Å². The van der Waals surface area contributed by atoms with E-state index in [0.29, 0.717) is 0 Å². The van der Waals surface area contributed by atoms with E-state index in [-0.39, 0.29) is 5.41 Å². The van der Waals surface area contributed by atoms with Crippen LogP contribution in [0.1, 0.15) is 51.7 Å². The van der Waals surface area contributed by atoms with Crippen LogP contribution in [0.3, 0.4) is 0 Å². The molecule has 0 fully saturated rings. The van der Waals surface area contributed by atoms with Gasteiger partial charge in [-0.1, -0.05) is 46.2 Å². The van der Waals surface area contributed by atoms with Crippen molar-refractivity contribution >= 4 is 5.69 Å². The molecule has 1 aromatic carbocycles. The summed E-state index contributed by atoms with van der Waals surface area (Å²) in [6, 6.07) is 6.46. The minimum Gasteiger partial charge on any atom is -0.399 e. The average Bonchev–Trinajstić information content (AvgIpc) is 2.15. The third-order valence-corrected chi connectivity index (χ3v) is 2.81. The van der Waals surface area contributed by atoms with Crippen molar-refractivity contribution < 1.29 is 0 Å². The molecule has 0 bridgehead atoms. The zero-order chi connectivity index (χ0) is 11.5. The fraction of sp³-hybridized carbons (Fsp3) is 0.571. The predicted molar refractivity (Wildman–Crippen MR) is 68.2 cm³/mol. The first kappa shape index (κ1) is 12.1. The summed E-state index contributed by atoms with van der Waals surface area (Å²) in [5.41, 5.74) is 9.82. The van der Waals surface area contributed by atoms with E-state index >= 15 is 0 Å². The summed E-state index contributed by atoms with van der Waals surface area (Å²) in [6.45, 7) is 8.93. The molecule has 1 aromatic rings. The van der Waals surface area contributed by atoms with Crippen molar-refractivity contribution in [2.24, 2.45) is 0 Å². The van der Waals surface area contributed by atoms with Crippen molar-refractivity contribution in [1.82, 2.24) is 0 Å². The van der Waals surface area contributed by atoms with Gasteiger partial charge in [-0.05, 0) is 35.4 Å². The van der Waals surface area contributed by atoms with E-state index < -0.39 is 0 Å². The first-order valence-corrected chi connectivity index (χ1v) is 5.84. The second-order valence-corrected chi connectivity index (χ2v) is 5.27.